The van der Waals surface area contributed by atoms with Crippen molar-refractivity contribution in [3.63, 3.8) is 0 Å². The van der Waals surface area contributed by atoms with Crippen LogP contribution in [0.2, 0.25) is 0 Å². The van der Waals surface area contributed by atoms with Crippen molar-refractivity contribution < 1.29 is 8.42 Å². The quantitative estimate of drug-likeness (QED) is 0.688. The monoisotopic (exact) mass is 212 g/mol. The van der Waals surface area contributed by atoms with Crippen molar-refractivity contribution >= 4 is 10.0 Å². The van der Waals surface area contributed by atoms with Crippen molar-refractivity contribution in [2.45, 2.75) is 12.8 Å². The fraction of sp³-hybridized carbons (Fsp3) is 0.400. The Kier molecular flexibility index (Phi) is 4.10. The first-order valence-electron chi connectivity index (χ1n) is 4.50. The zero-order valence-corrected chi connectivity index (χ0v) is 9.00. The van der Waals surface area contributed by atoms with E-state index in [0.717, 1.165) is 19.1 Å². The maximum absolute atomic E-state index is 10.7. The van der Waals surface area contributed by atoms with Crippen LogP contribution in [0.3, 0.4) is 0 Å². The summed E-state index contributed by atoms with van der Waals surface area (Å²) < 4.78 is 24.9. The van der Waals surface area contributed by atoms with Crippen molar-refractivity contribution in [1.29, 1.82) is 0 Å². The van der Waals surface area contributed by atoms with Gasteiger partial charge in [0.05, 0.1) is 6.26 Å². The molecule has 0 atom stereocenters. The second kappa shape index (κ2) is 5.12. The van der Waals surface area contributed by atoms with Gasteiger partial charge in [-0.15, -0.1) is 4.72 Å². The van der Waals surface area contributed by atoms with Gasteiger partial charge in [0.15, 0.2) is 0 Å². The molecule has 0 spiro atoms. The van der Waals surface area contributed by atoms with Gasteiger partial charge in [0.25, 0.3) is 0 Å². The summed E-state index contributed by atoms with van der Waals surface area (Å²) >= 11 is 0. The van der Waals surface area contributed by atoms with Crippen molar-refractivity contribution in [2.75, 3.05) is 12.8 Å². The van der Waals surface area contributed by atoms with E-state index < -0.39 is 10.0 Å². The molecule has 0 aliphatic carbocycles. The summed E-state index contributed by atoms with van der Waals surface area (Å²) in [5, 5.41) is 0. The number of hydrogen-bond acceptors (Lipinski definition) is 2. The Morgan fingerprint density at radius 2 is 1.86 bits per heavy atom. The lowest BCUT2D eigenvalue weighted by molar-refractivity contribution is 0.583. The van der Waals surface area contributed by atoms with Crippen LogP contribution in [-0.2, 0) is 16.4 Å². The lowest BCUT2D eigenvalue weighted by Crippen LogP contribution is -2.15. The van der Waals surface area contributed by atoms with Gasteiger partial charge in [-0.3, -0.25) is 0 Å². The minimum absolute atomic E-state index is 0.383. The highest BCUT2D eigenvalue weighted by Crippen LogP contribution is 2.01. The molecule has 0 aliphatic rings. The molecule has 14 heavy (non-hydrogen) atoms. The molecular formula is C10H14NO2S. The largest absolute Gasteiger partial charge is 0.224 e. The van der Waals surface area contributed by atoms with Gasteiger partial charge >= 0.3 is 0 Å². The summed E-state index contributed by atoms with van der Waals surface area (Å²) in [5.74, 6) is 0. The summed E-state index contributed by atoms with van der Waals surface area (Å²) in [7, 11) is -3.15. The molecular weight excluding hydrogens is 198 g/mol. The van der Waals surface area contributed by atoms with E-state index in [9.17, 15) is 8.42 Å². The van der Waals surface area contributed by atoms with E-state index in [4.69, 9.17) is 0 Å². The molecule has 1 rings (SSSR count). The van der Waals surface area contributed by atoms with Crippen LogP contribution in [0.5, 0.6) is 0 Å². The summed E-state index contributed by atoms with van der Waals surface area (Å²) in [6.45, 7) is 0.383. The lowest BCUT2D eigenvalue weighted by atomic mass is 10.1. The van der Waals surface area contributed by atoms with E-state index in [2.05, 4.69) is 4.72 Å². The van der Waals surface area contributed by atoms with Crippen molar-refractivity contribution in [3.05, 3.63) is 35.9 Å². The minimum atomic E-state index is -3.15. The smallest absolute Gasteiger partial charge is 0.211 e. The highest BCUT2D eigenvalue weighted by atomic mass is 32.2. The number of nitrogens with zero attached hydrogens (tertiary/aromatic N) is 1. The Bertz CT molecular complexity index is 359. The van der Waals surface area contributed by atoms with Crippen LogP contribution in [0.25, 0.3) is 0 Å². The van der Waals surface area contributed by atoms with Gasteiger partial charge in [-0.25, -0.2) is 8.42 Å². The van der Waals surface area contributed by atoms with Crippen LogP contribution < -0.4 is 4.72 Å². The molecule has 3 nitrogen and oxygen atoms in total. The molecule has 0 fully saturated rings. The van der Waals surface area contributed by atoms with E-state index in [-0.39, 0.29) is 0 Å². The molecule has 1 radical (unpaired) electrons. The zero-order valence-electron chi connectivity index (χ0n) is 8.18. The highest BCUT2D eigenvalue weighted by Gasteiger charge is 2.01. The van der Waals surface area contributed by atoms with Gasteiger partial charge in [0.1, 0.15) is 0 Å². The second-order valence-electron chi connectivity index (χ2n) is 3.17. The third-order valence-electron chi connectivity index (χ3n) is 1.79. The first kappa shape index (κ1) is 11.2. The molecule has 0 saturated carbocycles. The Balaban J connectivity index is 2.23. The number of rotatable bonds is 5. The van der Waals surface area contributed by atoms with Crippen LogP contribution in [0.15, 0.2) is 30.3 Å². The molecule has 1 aromatic rings. The first-order valence-corrected chi connectivity index (χ1v) is 6.35. The fourth-order valence-corrected chi connectivity index (χ4v) is 1.62. The highest BCUT2D eigenvalue weighted by molar-refractivity contribution is 7.88. The molecule has 77 valence electrons. The van der Waals surface area contributed by atoms with Crippen LogP contribution in [0.1, 0.15) is 12.0 Å². The van der Waals surface area contributed by atoms with Gasteiger partial charge in [-0.05, 0) is 18.4 Å². The Hall–Kier alpha value is -0.870. The van der Waals surface area contributed by atoms with E-state index in [1.807, 2.05) is 30.3 Å². The number of sulfonamides is 1. The van der Waals surface area contributed by atoms with Crippen molar-refractivity contribution in [3.8, 4) is 0 Å². The number of hydrogen-bond donors (Lipinski definition) is 0. The molecule has 0 aliphatic heterocycles. The predicted molar refractivity (Wildman–Crippen MR) is 56.6 cm³/mol. The van der Waals surface area contributed by atoms with Crippen LogP contribution in [0, 0.1) is 0 Å². The first-order chi connectivity index (χ1) is 6.58. The summed E-state index contributed by atoms with van der Waals surface area (Å²) in [6.07, 6.45) is 2.77. The third kappa shape index (κ3) is 4.99. The van der Waals surface area contributed by atoms with Gasteiger partial charge in [-0.2, -0.15) is 0 Å². The molecule has 0 saturated heterocycles. The normalized spacial score (nSPS) is 11.5. The van der Waals surface area contributed by atoms with E-state index in [1.165, 1.54) is 5.56 Å². The van der Waals surface area contributed by atoms with Crippen LogP contribution in [0.4, 0.5) is 0 Å². The van der Waals surface area contributed by atoms with Crippen molar-refractivity contribution in [1.82, 2.24) is 4.72 Å². The number of aryl methyl sites for hydroxylation is 1. The standard InChI is InChI=1S/C10H14NO2S/c1-14(12,13)11-9-5-8-10-6-3-2-4-7-10/h2-4,6-7H,5,8-9H2,1H3. The minimum Gasteiger partial charge on any atom is -0.211 e. The molecule has 0 amide bonds. The molecule has 0 aromatic heterocycles. The van der Waals surface area contributed by atoms with Crippen LogP contribution >= 0.6 is 0 Å². The van der Waals surface area contributed by atoms with E-state index in [1.54, 1.807) is 0 Å². The predicted octanol–water partition coefficient (Wildman–Crippen LogP) is 1.18. The second-order valence-corrected chi connectivity index (χ2v) is 4.90. The average molecular weight is 212 g/mol. The fourth-order valence-electron chi connectivity index (χ4n) is 1.16. The zero-order chi connectivity index (χ0) is 10.4. The molecule has 0 heterocycles. The number of benzene rings is 1. The summed E-state index contributed by atoms with van der Waals surface area (Å²) in [5.41, 5.74) is 1.22. The van der Waals surface area contributed by atoms with Gasteiger partial charge in [0, 0.05) is 6.54 Å². The van der Waals surface area contributed by atoms with Gasteiger partial charge in [0.2, 0.25) is 10.0 Å². The molecule has 1 aromatic carbocycles. The Labute approximate surface area is 85.2 Å². The van der Waals surface area contributed by atoms with Crippen LogP contribution in [-0.4, -0.2) is 21.2 Å². The Morgan fingerprint density at radius 1 is 1.21 bits per heavy atom. The summed E-state index contributed by atoms with van der Waals surface area (Å²) in [4.78, 5) is 0. The van der Waals surface area contributed by atoms with E-state index in [0.29, 0.717) is 6.54 Å². The third-order valence-corrected chi connectivity index (χ3v) is 2.44. The average Bonchev–Trinajstić information content (AvgIpc) is 2.13. The molecule has 4 heteroatoms. The maximum Gasteiger partial charge on any atom is 0.224 e. The maximum atomic E-state index is 10.7. The molecule has 0 bridgehead atoms. The Morgan fingerprint density at radius 3 is 2.43 bits per heavy atom. The molecule has 0 N–H and O–H groups in total. The molecule has 0 unspecified atom stereocenters. The van der Waals surface area contributed by atoms with Gasteiger partial charge < -0.3 is 0 Å². The van der Waals surface area contributed by atoms with Crippen molar-refractivity contribution in [2.24, 2.45) is 0 Å². The van der Waals surface area contributed by atoms with Gasteiger partial charge in [-0.1, -0.05) is 30.3 Å². The van der Waals surface area contributed by atoms with E-state index >= 15 is 0 Å². The summed E-state index contributed by atoms with van der Waals surface area (Å²) in [6, 6.07) is 9.97. The topological polar surface area (TPSA) is 48.2 Å². The SMILES string of the molecule is CS(=O)(=O)[N]CCCc1ccccc1. The lowest BCUT2D eigenvalue weighted by Gasteiger charge is -2.00.